The van der Waals surface area contributed by atoms with Gasteiger partial charge in [0.2, 0.25) is 0 Å². The maximum absolute atomic E-state index is 12.6. The number of aromatic nitrogens is 1. The maximum Gasteiger partial charge on any atom is 0.329 e. The molecule has 0 saturated carbocycles. The summed E-state index contributed by atoms with van der Waals surface area (Å²) < 4.78 is 5.26. The average Bonchev–Trinajstić information content (AvgIpc) is 2.68. The molecule has 0 aliphatic heterocycles. The lowest BCUT2D eigenvalue weighted by Crippen LogP contribution is -2.47. The number of benzene rings is 1. The molecule has 1 aromatic carbocycles. The summed E-state index contributed by atoms with van der Waals surface area (Å²) in [5.41, 5.74) is 1.44. The van der Waals surface area contributed by atoms with Gasteiger partial charge in [-0.1, -0.05) is 54.7 Å². The van der Waals surface area contributed by atoms with Crippen LogP contribution in [0.15, 0.2) is 36.5 Å². The topological polar surface area (TPSA) is 97.4 Å². The number of pyridine rings is 1. The first-order valence-corrected chi connectivity index (χ1v) is 10.0. The SMILES string of the molecule is Cc1ccc(C(=O)NC(C(=O)OC(C)C(=O)Nc2ncc(Cl)cc2Cl)C(C)C)cc1. The highest BCUT2D eigenvalue weighted by atomic mass is 35.5. The Morgan fingerprint density at radius 1 is 1.07 bits per heavy atom. The number of hydrogen-bond donors (Lipinski definition) is 2. The molecule has 0 radical (unpaired) electrons. The summed E-state index contributed by atoms with van der Waals surface area (Å²) in [6, 6.07) is 7.46. The lowest BCUT2D eigenvalue weighted by molar-refractivity contribution is -0.156. The van der Waals surface area contributed by atoms with E-state index in [0.29, 0.717) is 10.6 Å². The standard InChI is InChI=1S/C21H23Cl2N3O4/c1-11(2)17(25-20(28)14-7-5-12(3)6-8-14)21(29)30-13(4)19(27)26-18-16(23)9-15(22)10-24-18/h5-11,13,17H,1-4H3,(H,25,28)(H,24,26,27). The lowest BCUT2D eigenvalue weighted by atomic mass is 10.0. The van der Waals surface area contributed by atoms with Crippen LogP contribution in [-0.4, -0.2) is 34.9 Å². The minimum absolute atomic E-state index is 0.0991. The number of amides is 2. The van der Waals surface area contributed by atoms with E-state index in [4.69, 9.17) is 27.9 Å². The smallest absolute Gasteiger partial charge is 0.329 e. The van der Waals surface area contributed by atoms with Gasteiger partial charge in [-0.25, -0.2) is 9.78 Å². The van der Waals surface area contributed by atoms with Crippen molar-refractivity contribution < 1.29 is 19.1 Å². The third kappa shape index (κ3) is 6.43. The number of halogens is 2. The van der Waals surface area contributed by atoms with E-state index in [2.05, 4.69) is 15.6 Å². The average molecular weight is 452 g/mol. The summed E-state index contributed by atoms with van der Waals surface area (Å²) in [5, 5.41) is 5.62. The van der Waals surface area contributed by atoms with Crippen LogP contribution in [0.25, 0.3) is 0 Å². The lowest BCUT2D eigenvalue weighted by Gasteiger charge is -2.23. The van der Waals surface area contributed by atoms with Crippen molar-refractivity contribution in [3.05, 3.63) is 57.7 Å². The molecule has 9 heteroatoms. The van der Waals surface area contributed by atoms with Gasteiger partial charge in [-0.05, 0) is 38.0 Å². The van der Waals surface area contributed by atoms with Crippen LogP contribution < -0.4 is 10.6 Å². The second-order valence-electron chi connectivity index (χ2n) is 7.11. The van der Waals surface area contributed by atoms with Gasteiger partial charge in [-0.2, -0.15) is 0 Å². The number of nitrogens with zero attached hydrogens (tertiary/aromatic N) is 1. The molecule has 0 saturated heterocycles. The van der Waals surface area contributed by atoms with Crippen molar-refractivity contribution in [1.29, 1.82) is 0 Å². The van der Waals surface area contributed by atoms with Crippen molar-refractivity contribution in [1.82, 2.24) is 10.3 Å². The highest BCUT2D eigenvalue weighted by Gasteiger charge is 2.29. The summed E-state index contributed by atoms with van der Waals surface area (Å²) in [4.78, 5) is 41.4. The third-order valence-electron chi connectivity index (χ3n) is 4.23. The first-order chi connectivity index (χ1) is 14.1. The maximum atomic E-state index is 12.6. The second kappa shape index (κ2) is 10.4. The van der Waals surface area contributed by atoms with Crippen LogP contribution in [0, 0.1) is 12.8 Å². The summed E-state index contributed by atoms with van der Waals surface area (Å²) in [5.74, 6) is -1.90. The predicted molar refractivity (Wildman–Crippen MR) is 116 cm³/mol. The van der Waals surface area contributed by atoms with Crippen LogP contribution in [0.4, 0.5) is 5.82 Å². The highest BCUT2D eigenvalue weighted by molar-refractivity contribution is 6.36. The van der Waals surface area contributed by atoms with Gasteiger partial charge in [-0.3, -0.25) is 9.59 Å². The number of carbonyl (C=O) groups is 3. The van der Waals surface area contributed by atoms with Crippen LogP contribution in [0.5, 0.6) is 0 Å². The first kappa shape index (κ1) is 23.6. The fourth-order valence-electron chi connectivity index (χ4n) is 2.45. The molecule has 2 atom stereocenters. The van der Waals surface area contributed by atoms with Gasteiger partial charge >= 0.3 is 5.97 Å². The molecule has 0 aliphatic carbocycles. The number of esters is 1. The van der Waals surface area contributed by atoms with Crippen LogP contribution >= 0.6 is 23.2 Å². The molecule has 2 unspecified atom stereocenters. The molecule has 7 nitrogen and oxygen atoms in total. The summed E-state index contributed by atoms with van der Waals surface area (Å²) in [6.45, 7) is 6.86. The largest absolute Gasteiger partial charge is 0.451 e. The van der Waals surface area contributed by atoms with Crippen molar-refractivity contribution >= 4 is 46.8 Å². The van der Waals surface area contributed by atoms with Gasteiger partial charge in [0.1, 0.15) is 6.04 Å². The summed E-state index contributed by atoms with van der Waals surface area (Å²) in [7, 11) is 0. The van der Waals surface area contributed by atoms with Gasteiger partial charge in [0.05, 0.1) is 10.0 Å². The Hall–Kier alpha value is -2.64. The molecule has 1 heterocycles. The highest BCUT2D eigenvalue weighted by Crippen LogP contribution is 2.22. The number of carbonyl (C=O) groups excluding carboxylic acids is 3. The summed E-state index contributed by atoms with van der Waals surface area (Å²) >= 11 is 11.8. The van der Waals surface area contributed by atoms with Gasteiger partial charge in [0.15, 0.2) is 11.9 Å². The van der Waals surface area contributed by atoms with E-state index in [9.17, 15) is 14.4 Å². The Labute approximate surface area is 185 Å². The van der Waals surface area contributed by atoms with E-state index in [-0.39, 0.29) is 16.8 Å². The normalized spacial score (nSPS) is 12.8. The Kier molecular flexibility index (Phi) is 8.20. The van der Waals surface area contributed by atoms with Gasteiger partial charge < -0.3 is 15.4 Å². The van der Waals surface area contributed by atoms with Crippen LogP contribution in [0.2, 0.25) is 10.0 Å². The fraction of sp³-hybridized carbons (Fsp3) is 0.333. The number of anilines is 1. The van der Waals surface area contributed by atoms with Gasteiger partial charge in [0, 0.05) is 11.8 Å². The molecular weight excluding hydrogens is 429 g/mol. The Bertz CT molecular complexity index is 932. The van der Waals surface area contributed by atoms with E-state index < -0.39 is 29.9 Å². The van der Waals surface area contributed by atoms with Crippen molar-refractivity contribution in [3.8, 4) is 0 Å². The quantitative estimate of drug-likeness (QED) is 0.619. The summed E-state index contributed by atoms with van der Waals surface area (Å²) in [6.07, 6.45) is 0.193. The zero-order chi connectivity index (χ0) is 22.4. The zero-order valence-electron chi connectivity index (χ0n) is 17.0. The molecule has 0 spiro atoms. The minimum atomic E-state index is -1.14. The van der Waals surface area contributed by atoms with Crippen molar-refractivity contribution in [2.45, 2.75) is 39.8 Å². The predicted octanol–water partition coefficient (Wildman–Crippen LogP) is 4.02. The molecule has 30 heavy (non-hydrogen) atoms. The molecule has 2 rings (SSSR count). The molecule has 160 valence electrons. The molecule has 1 aromatic heterocycles. The van der Waals surface area contributed by atoms with E-state index in [1.807, 2.05) is 6.92 Å². The number of ether oxygens (including phenoxy) is 1. The van der Waals surface area contributed by atoms with E-state index >= 15 is 0 Å². The van der Waals surface area contributed by atoms with Crippen molar-refractivity contribution in [2.24, 2.45) is 5.92 Å². The van der Waals surface area contributed by atoms with Gasteiger partial charge in [0.25, 0.3) is 11.8 Å². The second-order valence-corrected chi connectivity index (χ2v) is 7.96. The fourth-order valence-corrected chi connectivity index (χ4v) is 2.88. The molecule has 2 amide bonds. The van der Waals surface area contributed by atoms with Crippen molar-refractivity contribution in [3.63, 3.8) is 0 Å². The monoisotopic (exact) mass is 451 g/mol. The third-order valence-corrected chi connectivity index (χ3v) is 4.73. The molecular formula is C21H23Cl2N3O4. The molecule has 0 fully saturated rings. The van der Waals surface area contributed by atoms with Gasteiger partial charge in [-0.15, -0.1) is 0 Å². The van der Waals surface area contributed by atoms with E-state index in [0.717, 1.165) is 5.56 Å². The zero-order valence-corrected chi connectivity index (χ0v) is 18.5. The number of rotatable bonds is 7. The molecule has 0 bridgehead atoms. The Balaban J connectivity index is 2.01. The Morgan fingerprint density at radius 3 is 2.27 bits per heavy atom. The van der Waals surface area contributed by atoms with Crippen molar-refractivity contribution in [2.75, 3.05) is 5.32 Å². The number of hydrogen-bond acceptors (Lipinski definition) is 5. The van der Waals surface area contributed by atoms with Crippen LogP contribution in [-0.2, 0) is 14.3 Å². The van der Waals surface area contributed by atoms with E-state index in [1.165, 1.54) is 19.2 Å². The van der Waals surface area contributed by atoms with Crippen LogP contribution in [0.3, 0.4) is 0 Å². The molecule has 2 aromatic rings. The molecule has 2 N–H and O–H groups in total. The number of nitrogens with one attached hydrogen (secondary N) is 2. The van der Waals surface area contributed by atoms with Crippen LogP contribution in [0.1, 0.15) is 36.7 Å². The Morgan fingerprint density at radius 2 is 1.70 bits per heavy atom. The van der Waals surface area contributed by atoms with E-state index in [1.54, 1.807) is 38.1 Å². The minimum Gasteiger partial charge on any atom is -0.451 e. The first-order valence-electron chi connectivity index (χ1n) is 9.28. The molecule has 0 aliphatic rings. The number of aryl methyl sites for hydroxylation is 1.